The molecular weight excluding hydrogens is 178 g/mol. The summed E-state index contributed by atoms with van der Waals surface area (Å²) in [4.78, 5) is 11.4. The molecule has 5 heteroatoms. The number of rotatable bonds is 3. The molecule has 1 fully saturated rings. The van der Waals surface area contributed by atoms with Crippen LogP contribution in [0, 0.1) is 0 Å². The number of carbonyl (C=O) groups excluding carboxylic acids is 1. The number of hydrogen-bond acceptors (Lipinski definition) is 3. The molecule has 4 nitrogen and oxygen atoms in total. The van der Waals surface area contributed by atoms with Crippen LogP contribution in [0.1, 0.15) is 6.42 Å². The first-order chi connectivity index (χ1) is 5.68. The Labute approximate surface area is 74.0 Å². The van der Waals surface area contributed by atoms with E-state index in [-0.39, 0.29) is 6.42 Å². The molecule has 0 atom stereocenters. The van der Waals surface area contributed by atoms with Gasteiger partial charge < -0.3 is 14.8 Å². The normalized spacial score (nSPS) is 30.0. The zero-order chi connectivity index (χ0) is 8.97. The molecule has 70 valence electrons. The second kappa shape index (κ2) is 4.57. The van der Waals surface area contributed by atoms with Gasteiger partial charge in [0.15, 0.2) is 0 Å². The molecule has 1 rings (SSSR count). The van der Waals surface area contributed by atoms with Gasteiger partial charge in [0, 0.05) is 23.2 Å². The van der Waals surface area contributed by atoms with Crippen molar-refractivity contribution in [1.29, 1.82) is 0 Å². The number of quaternary nitrogens is 1. The van der Waals surface area contributed by atoms with E-state index in [1.807, 2.05) is 0 Å². The van der Waals surface area contributed by atoms with Crippen molar-refractivity contribution in [1.82, 2.24) is 0 Å². The fourth-order valence-corrected chi connectivity index (χ4v) is 2.51. The van der Waals surface area contributed by atoms with Crippen LogP contribution in [-0.4, -0.2) is 41.3 Å². The third-order valence-electron chi connectivity index (χ3n) is 2.05. The fourth-order valence-electron chi connectivity index (χ4n) is 1.27. The van der Waals surface area contributed by atoms with E-state index >= 15 is 0 Å². The van der Waals surface area contributed by atoms with Crippen LogP contribution in [0.5, 0.6) is 0 Å². The monoisotopic (exact) mass is 191 g/mol. The van der Waals surface area contributed by atoms with Gasteiger partial charge in [-0.05, 0) is 0 Å². The van der Waals surface area contributed by atoms with Crippen molar-refractivity contribution in [3.05, 3.63) is 0 Å². The van der Waals surface area contributed by atoms with Gasteiger partial charge in [-0.2, -0.15) is 0 Å². The van der Waals surface area contributed by atoms with Crippen molar-refractivity contribution in [3.63, 3.8) is 0 Å². The average Bonchev–Trinajstić information content (AvgIpc) is 2.03. The van der Waals surface area contributed by atoms with Gasteiger partial charge in [0.1, 0.15) is 0 Å². The van der Waals surface area contributed by atoms with Crippen LogP contribution >= 0.6 is 0 Å². The molecule has 0 aromatic heterocycles. The number of aliphatic carboxylic acids is 1. The Morgan fingerprint density at radius 1 is 1.42 bits per heavy atom. The first-order valence-corrected chi connectivity index (χ1v) is 5.55. The van der Waals surface area contributed by atoms with Crippen molar-refractivity contribution in [2.75, 3.05) is 31.1 Å². The highest BCUT2D eigenvalue weighted by molar-refractivity contribution is 7.85. The highest BCUT2D eigenvalue weighted by Gasteiger charge is 2.17. The summed E-state index contributed by atoms with van der Waals surface area (Å²) in [5, 5.41) is 10.1. The minimum Gasteiger partial charge on any atom is -0.550 e. The molecule has 0 spiro atoms. The predicted octanol–water partition coefficient (Wildman–Crippen LogP) is -3.23. The van der Waals surface area contributed by atoms with Gasteiger partial charge in [-0.25, -0.2) is 0 Å². The molecule has 0 radical (unpaired) electrons. The van der Waals surface area contributed by atoms with Gasteiger partial charge in [-0.15, -0.1) is 0 Å². The Bertz CT molecular complexity index is 185. The Morgan fingerprint density at radius 3 is 2.50 bits per heavy atom. The molecule has 1 aliphatic heterocycles. The molecule has 1 N–H and O–H groups in total. The summed E-state index contributed by atoms with van der Waals surface area (Å²) < 4.78 is 10.9. The zero-order valence-corrected chi connectivity index (χ0v) is 7.69. The van der Waals surface area contributed by atoms with Crippen molar-refractivity contribution in [2.24, 2.45) is 0 Å². The fraction of sp³-hybridized carbons (Fsp3) is 0.857. The van der Waals surface area contributed by atoms with Gasteiger partial charge >= 0.3 is 0 Å². The van der Waals surface area contributed by atoms with Crippen LogP contribution < -0.4 is 10.0 Å². The van der Waals surface area contributed by atoms with Crippen LogP contribution in [-0.2, 0) is 15.6 Å². The van der Waals surface area contributed by atoms with Crippen LogP contribution in [0.15, 0.2) is 0 Å². The van der Waals surface area contributed by atoms with E-state index in [0.717, 1.165) is 13.1 Å². The third-order valence-corrected chi connectivity index (χ3v) is 3.37. The van der Waals surface area contributed by atoms with Crippen LogP contribution in [0.25, 0.3) is 0 Å². The van der Waals surface area contributed by atoms with E-state index in [1.54, 1.807) is 0 Å². The molecule has 0 aliphatic carbocycles. The standard InChI is InChI=1S/C7H13NO3S/c9-7(10)1-2-8-3-5-12(11)6-4-8/h1-6H2,(H,9,10). The average molecular weight is 191 g/mol. The van der Waals surface area contributed by atoms with E-state index in [0.29, 0.717) is 18.1 Å². The first kappa shape index (κ1) is 9.67. The van der Waals surface area contributed by atoms with Gasteiger partial charge in [0.05, 0.1) is 31.1 Å². The summed E-state index contributed by atoms with van der Waals surface area (Å²) in [6, 6.07) is 0. The number of carboxylic acids is 1. The maximum atomic E-state index is 10.9. The van der Waals surface area contributed by atoms with Gasteiger partial charge in [-0.1, -0.05) is 0 Å². The Kier molecular flexibility index (Phi) is 3.68. The number of nitrogens with one attached hydrogen (secondary N) is 1. The van der Waals surface area contributed by atoms with Crippen LogP contribution in [0.3, 0.4) is 0 Å². The van der Waals surface area contributed by atoms with Crippen LogP contribution in [0.4, 0.5) is 0 Å². The van der Waals surface area contributed by atoms with Crippen molar-refractivity contribution >= 4 is 16.8 Å². The summed E-state index contributed by atoms with van der Waals surface area (Å²) in [6.07, 6.45) is 0.113. The van der Waals surface area contributed by atoms with Crippen molar-refractivity contribution in [2.45, 2.75) is 6.42 Å². The lowest BCUT2D eigenvalue weighted by atomic mass is 10.4. The lowest BCUT2D eigenvalue weighted by Crippen LogP contribution is -3.14. The molecular formula is C7H13NO3S. The second-order valence-corrected chi connectivity index (χ2v) is 4.67. The van der Waals surface area contributed by atoms with Gasteiger partial charge in [0.2, 0.25) is 0 Å². The summed E-state index contributed by atoms with van der Waals surface area (Å²) in [6.45, 7) is 2.28. The topological polar surface area (TPSA) is 61.6 Å². The minimum atomic E-state index is -0.991. The van der Waals surface area contributed by atoms with Gasteiger partial charge in [0.25, 0.3) is 0 Å². The summed E-state index contributed by atoms with van der Waals surface area (Å²) in [5.74, 6) is 0.430. The van der Waals surface area contributed by atoms with E-state index in [2.05, 4.69) is 0 Å². The lowest BCUT2D eigenvalue weighted by Gasteiger charge is -2.23. The van der Waals surface area contributed by atoms with E-state index in [1.165, 1.54) is 4.90 Å². The maximum Gasteiger partial charge on any atom is 0.0888 e. The largest absolute Gasteiger partial charge is 0.550 e. The van der Waals surface area contributed by atoms with Crippen molar-refractivity contribution < 1.29 is 19.0 Å². The van der Waals surface area contributed by atoms with Crippen LogP contribution in [0.2, 0.25) is 0 Å². The molecule has 0 bridgehead atoms. The molecule has 12 heavy (non-hydrogen) atoms. The first-order valence-electron chi connectivity index (χ1n) is 4.07. The molecule has 1 aliphatic rings. The van der Waals surface area contributed by atoms with E-state index < -0.39 is 16.8 Å². The maximum absolute atomic E-state index is 10.9. The van der Waals surface area contributed by atoms with E-state index in [9.17, 15) is 14.1 Å². The van der Waals surface area contributed by atoms with E-state index in [4.69, 9.17) is 0 Å². The molecule has 1 heterocycles. The summed E-state index contributed by atoms with van der Waals surface area (Å²) in [7, 11) is -0.659. The third kappa shape index (κ3) is 3.32. The summed E-state index contributed by atoms with van der Waals surface area (Å²) in [5.41, 5.74) is 0. The Hall–Kier alpha value is -0.420. The van der Waals surface area contributed by atoms with Crippen molar-refractivity contribution in [3.8, 4) is 0 Å². The highest BCUT2D eigenvalue weighted by Crippen LogP contribution is 1.82. The molecule has 1 saturated heterocycles. The minimum absolute atomic E-state index is 0.113. The predicted molar refractivity (Wildman–Crippen MR) is 43.1 cm³/mol. The Morgan fingerprint density at radius 2 is 2.00 bits per heavy atom. The smallest absolute Gasteiger partial charge is 0.0888 e. The second-order valence-electron chi connectivity index (χ2n) is 2.97. The quantitative estimate of drug-likeness (QED) is 0.510. The molecule has 0 amide bonds. The number of carboxylic acid groups (broad SMARTS) is 1. The molecule has 0 unspecified atom stereocenters. The molecule has 0 aromatic carbocycles. The molecule has 0 saturated carbocycles. The SMILES string of the molecule is O=C([O-])CC[NH+]1CCS(=O)CC1. The highest BCUT2D eigenvalue weighted by atomic mass is 32.2. The lowest BCUT2D eigenvalue weighted by molar-refractivity contribution is -0.896. The Balaban J connectivity index is 2.17. The zero-order valence-electron chi connectivity index (χ0n) is 6.88. The number of hydrogen-bond donors (Lipinski definition) is 1. The number of carbonyl (C=O) groups is 1. The van der Waals surface area contributed by atoms with Gasteiger partial charge in [-0.3, -0.25) is 4.21 Å². The molecule has 0 aromatic rings. The summed E-state index contributed by atoms with van der Waals surface area (Å²) >= 11 is 0.